The molecule has 0 aliphatic carbocycles. The van der Waals surface area contributed by atoms with Crippen LogP contribution in [0.2, 0.25) is 0 Å². The minimum Gasteiger partial charge on any atom is -0.496 e. The molecule has 0 saturated carbocycles. The monoisotopic (exact) mass is 396 g/mol. The Labute approximate surface area is 151 Å². The number of para-hydroxylation sites is 1. The molecule has 2 aromatic carbocycles. The third kappa shape index (κ3) is 3.03. The molecule has 2 heterocycles. The highest BCUT2D eigenvalue weighted by Gasteiger charge is 2.08. The Morgan fingerprint density at radius 1 is 1.20 bits per heavy atom. The first kappa shape index (κ1) is 15.5. The third-order valence-electron chi connectivity index (χ3n) is 3.68. The van der Waals surface area contributed by atoms with Gasteiger partial charge in [0.05, 0.1) is 17.8 Å². The first-order valence-corrected chi connectivity index (χ1v) is 8.27. The summed E-state index contributed by atoms with van der Waals surface area (Å²) in [4.78, 5) is 7.63. The van der Waals surface area contributed by atoms with Gasteiger partial charge in [0, 0.05) is 10.9 Å². The molecule has 2 aromatic heterocycles. The predicted octanol–water partition coefficient (Wildman–Crippen LogP) is 3.72. The second-order valence-corrected chi connectivity index (χ2v) is 6.12. The number of hydrogen-bond acceptors (Lipinski definition) is 6. The molecule has 0 amide bonds. The van der Waals surface area contributed by atoms with Crippen LogP contribution in [0.1, 0.15) is 5.56 Å². The van der Waals surface area contributed by atoms with Crippen LogP contribution in [-0.2, 0) is 0 Å². The van der Waals surface area contributed by atoms with Crippen molar-refractivity contribution in [3.63, 3.8) is 0 Å². The van der Waals surface area contributed by atoms with E-state index in [0.717, 1.165) is 32.2 Å². The van der Waals surface area contributed by atoms with Gasteiger partial charge in [-0.15, -0.1) is 10.2 Å². The smallest absolute Gasteiger partial charge is 0.265 e. The van der Waals surface area contributed by atoms with E-state index in [2.05, 4.69) is 46.6 Å². The van der Waals surface area contributed by atoms with Gasteiger partial charge < -0.3 is 9.72 Å². The Morgan fingerprint density at radius 2 is 2.08 bits per heavy atom. The minimum absolute atomic E-state index is 0.322. The van der Waals surface area contributed by atoms with E-state index in [1.807, 2.05) is 42.5 Å². The largest absolute Gasteiger partial charge is 0.496 e. The van der Waals surface area contributed by atoms with E-state index < -0.39 is 0 Å². The maximum absolute atomic E-state index is 5.20. The normalized spacial score (nSPS) is 11.4. The molecular formula is C17H13BrN6O. The van der Waals surface area contributed by atoms with Crippen molar-refractivity contribution in [2.45, 2.75) is 0 Å². The van der Waals surface area contributed by atoms with Crippen LogP contribution in [-0.4, -0.2) is 33.5 Å². The second-order valence-electron chi connectivity index (χ2n) is 5.27. The number of hydrogen-bond donors (Lipinski definition) is 2. The lowest BCUT2D eigenvalue weighted by atomic mass is 10.2. The first-order valence-electron chi connectivity index (χ1n) is 7.48. The summed E-state index contributed by atoms with van der Waals surface area (Å²) in [6.07, 6.45) is 1.67. The van der Waals surface area contributed by atoms with Crippen LogP contribution in [0.15, 0.2) is 52.0 Å². The maximum Gasteiger partial charge on any atom is 0.265 e. The molecule has 4 aromatic rings. The number of nitrogens with one attached hydrogen (secondary N) is 2. The van der Waals surface area contributed by atoms with Gasteiger partial charge in [0.15, 0.2) is 5.65 Å². The van der Waals surface area contributed by atoms with Gasteiger partial charge in [-0.25, -0.2) is 5.43 Å². The lowest BCUT2D eigenvalue weighted by molar-refractivity contribution is 0.412. The summed E-state index contributed by atoms with van der Waals surface area (Å²) in [6.45, 7) is 0. The Hall–Kier alpha value is -3.00. The zero-order valence-corrected chi connectivity index (χ0v) is 14.8. The number of benzene rings is 2. The zero-order chi connectivity index (χ0) is 17.2. The molecule has 0 saturated heterocycles. The Balaban J connectivity index is 1.56. The standard InChI is InChI=1S/C17H13BrN6O/c1-25-14-7-6-10(8-12(14)18)9-19-23-17-21-16-15(22-24-17)11-4-2-3-5-13(11)20-16/h2-9H,1H3,(H2,20,21,23,24)/b19-9-. The van der Waals surface area contributed by atoms with Gasteiger partial charge >= 0.3 is 0 Å². The van der Waals surface area contributed by atoms with Gasteiger partial charge in [0.2, 0.25) is 0 Å². The summed E-state index contributed by atoms with van der Waals surface area (Å²) >= 11 is 3.44. The highest BCUT2D eigenvalue weighted by Crippen LogP contribution is 2.25. The molecule has 0 aliphatic rings. The van der Waals surface area contributed by atoms with E-state index in [9.17, 15) is 0 Å². The first-order chi connectivity index (χ1) is 12.2. The Morgan fingerprint density at radius 3 is 2.92 bits per heavy atom. The highest BCUT2D eigenvalue weighted by atomic mass is 79.9. The number of aromatic amines is 1. The second kappa shape index (κ2) is 6.48. The van der Waals surface area contributed by atoms with Crippen LogP contribution in [0, 0.1) is 0 Å². The van der Waals surface area contributed by atoms with Crippen molar-refractivity contribution in [2.24, 2.45) is 5.10 Å². The van der Waals surface area contributed by atoms with Gasteiger partial charge in [-0.2, -0.15) is 10.1 Å². The molecule has 4 rings (SSSR count). The number of aromatic nitrogens is 4. The number of methoxy groups -OCH3 is 1. The van der Waals surface area contributed by atoms with Crippen molar-refractivity contribution in [3.8, 4) is 5.75 Å². The van der Waals surface area contributed by atoms with Crippen LogP contribution in [0.25, 0.3) is 22.1 Å². The molecule has 0 atom stereocenters. The number of anilines is 1. The fraction of sp³-hybridized carbons (Fsp3) is 0.0588. The summed E-state index contributed by atoms with van der Waals surface area (Å²) in [5, 5.41) is 13.4. The molecular weight excluding hydrogens is 384 g/mol. The van der Waals surface area contributed by atoms with E-state index in [4.69, 9.17) is 4.74 Å². The summed E-state index contributed by atoms with van der Waals surface area (Å²) < 4.78 is 6.06. The molecule has 0 unspecified atom stereocenters. The topological polar surface area (TPSA) is 88.1 Å². The summed E-state index contributed by atoms with van der Waals surface area (Å²) in [5.41, 5.74) is 6.08. The molecule has 0 aliphatic heterocycles. The summed E-state index contributed by atoms with van der Waals surface area (Å²) in [5.74, 6) is 1.09. The Bertz CT molecular complexity index is 1090. The van der Waals surface area contributed by atoms with Gasteiger partial charge in [-0.05, 0) is 45.8 Å². The van der Waals surface area contributed by atoms with Crippen molar-refractivity contribution >= 4 is 50.2 Å². The van der Waals surface area contributed by atoms with E-state index in [0.29, 0.717) is 11.6 Å². The number of hydrazone groups is 1. The van der Waals surface area contributed by atoms with Crippen LogP contribution in [0.5, 0.6) is 5.75 Å². The number of nitrogens with zero attached hydrogens (tertiary/aromatic N) is 4. The maximum atomic E-state index is 5.20. The van der Waals surface area contributed by atoms with E-state index in [1.165, 1.54) is 0 Å². The van der Waals surface area contributed by atoms with Crippen molar-refractivity contribution < 1.29 is 4.74 Å². The van der Waals surface area contributed by atoms with Gasteiger partial charge in [-0.1, -0.05) is 18.2 Å². The molecule has 0 bridgehead atoms. The molecule has 0 spiro atoms. The predicted molar refractivity (Wildman–Crippen MR) is 101 cm³/mol. The molecule has 124 valence electrons. The molecule has 2 N–H and O–H groups in total. The van der Waals surface area contributed by atoms with Gasteiger partial charge in [-0.3, -0.25) is 0 Å². The SMILES string of the molecule is COc1ccc(/C=N\Nc2nnc3c(n2)[nH]c2ccccc23)cc1Br. The number of rotatable bonds is 4. The average Bonchev–Trinajstić information content (AvgIpc) is 2.99. The highest BCUT2D eigenvalue weighted by molar-refractivity contribution is 9.10. The molecule has 0 fully saturated rings. The average molecular weight is 397 g/mol. The van der Waals surface area contributed by atoms with Crippen LogP contribution < -0.4 is 10.2 Å². The third-order valence-corrected chi connectivity index (χ3v) is 4.30. The molecule has 7 nitrogen and oxygen atoms in total. The van der Waals surface area contributed by atoms with E-state index in [1.54, 1.807) is 13.3 Å². The number of H-pyrrole nitrogens is 1. The fourth-order valence-corrected chi connectivity index (χ4v) is 3.05. The van der Waals surface area contributed by atoms with Crippen LogP contribution in [0.3, 0.4) is 0 Å². The lowest BCUT2D eigenvalue weighted by Gasteiger charge is -2.03. The van der Waals surface area contributed by atoms with Gasteiger partial charge in [0.25, 0.3) is 5.95 Å². The summed E-state index contributed by atoms with van der Waals surface area (Å²) in [7, 11) is 1.62. The molecule has 0 radical (unpaired) electrons. The van der Waals surface area contributed by atoms with E-state index >= 15 is 0 Å². The fourth-order valence-electron chi connectivity index (χ4n) is 2.50. The van der Waals surface area contributed by atoms with Crippen molar-refractivity contribution in [1.29, 1.82) is 0 Å². The number of ether oxygens (including phenoxy) is 1. The quantitative estimate of drug-likeness (QED) is 0.405. The number of fused-ring (bicyclic) bond motifs is 3. The Kier molecular flexibility index (Phi) is 4.02. The van der Waals surface area contributed by atoms with Crippen LogP contribution in [0.4, 0.5) is 5.95 Å². The summed E-state index contributed by atoms with van der Waals surface area (Å²) in [6, 6.07) is 13.5. The van der Waals surface area contributed by atoms with Crippen LogP contribution >= 0.6 is 15.9 Å². The van der Waals surface area contributed by atoms with E-state index in [-0.39, 0.29) is 0 Å². The number of halogens is 1. The van der Waals surface area contributed by atoms with Crippen molar-refractivity contribution in [1.82, 2.24) is 20.2 Å². The van der Waals surface area contributed by atoms with Gasteiger partial charge in [0.1, 0.15) is 11.3 Å². The molecule has 25 heavy (non-hydrogen) atoms. The van der Waals surface area contributed by atoms with Crippen molar-refractivity contribution in [3.05, 3.63) is 52.5 Å². The minimum atomic E-state index is 0.322. The molecule has 8 heteroatoms. The zero-order valence-electron chi connectivity index (χ0n) is 13.2. The van der Waals surface area contributed by atoms with Crippen molar-refractivity contribution in [2.75, 3.05) is 12.5 Å². The lowest BCUT2D eigenvalue weighted by Crippen LogP contribution is -1.99.